The summed E-state index contributed by atoms with van der Waals surface area (Å²) in [5.74, 6) is -1.10. The van der Waals surface area contributed by atoms with E-state index in [1.54, 1.807) is 11.8 Å². The smallest absolute Gasteiger partial charge is 0.249 e. The van der Waals surface area contributed by atoms with E-state index in [4.69, 9.17) is 0 Å². The lowest BCUT2D eigenvalue weighted by Crippen LogP contribution is -2.63. The molecule has 2 N–H and O–H groups in total. The molecule has 2 fully saturated rings. The molecule has 0 radical (unpaired) electrons. The van der Waals surface area contributed by atoms with Crippen molar-refractivity contribution in [2.45, 2.75) is 37.2 Å². The Labute approximate surface area is 92.1 Å². The van der Waals surface area contributed by atoms with E-state index in [1.165, 1.54) is 0 Å². The van der Waals surface area contributed by atoms with Gasteiger partial charge < -0.3 is 10.2 Å². The minimum atomic E-state index is -2.69. The molecule has 2 nitrogen and oxygen atoms in total. The second-order valence-electron chi connectivity index (χ2n) is 4.79. The molecule has 0 spiro atoms. The summed E-state index contributed by atoms with van der Waals surface area (Å²) in [7, 11) is 0. The monoisotopic (exact) mass is 238 g/mol. The zero-order chi connectivity index (χ0) is 11.2. The van der Waals surface area contributed by atoms with E-state index in [1.807, 2.05) is 0 Å². The Morgan fingerprint density at radius 3 is 2.07 bits per heavy atom. The molecule has 1 heterocycles. The number of aliphatic hydroxyl groups excluding tert-OH is 1. The number of thioether (sulfide) groups is 1. The van der Waals surface area contributed by atoms with Crippen molar-refractivity contribution in [3.8, 4) is 0 Å². The van der Waals surface area contributed by atoms with Crippen molar-refractivity contribution in [1.82, 2.24) is 0 Å². The van der Waals surface area contributed by atoms with Gasteiger partial charge in [-0.1, -0.05) is 0 Å². The molecule has 0 aromatic heterocycles. The molecule has 0 aromatic rings. The van der Waals surface area contributed by atoms with Gasteiger partial charge in [0.25, 0.3) is 0 Å². The fourth-order valence-corrected chi connectivity index (χ4v) is 3.93. The van der Waals surface area contributed by atoms with Gasteiger partial charge in [-0.05, 0) is 24.3 Å². The van der Waals surface area contributed by atoms with Crippen molar-refractivity contribution in [3.63, 3.8) is 0 Å². The third-order valence-corrected chi connectivity index (χ3v) is 4.79. The molecule has 15 heavy (non-hydrogen) atoms. The van der Waals surface area contributed by atoms with Crippen molar-refractivity contribution in [3.05, 3.63) is 0 Å². The summed E-state index contributed by atoms with van der Waals surface area (Å²) in [5.41, 5.74) is -2.02. The van der Waals surface area contributed by atoms with Crippen molar-refractivity contribution in [2.24, 2.45) is 5.41 Å². The van der Waals surface area contributed by atoms with Gasteiger partial charge in [0, 0.05) is 18.3 Å². The highest BCUT2D eigenvalue weighted by molar-refractivity contribution is 7.99. The standard InChI is InChI=1S/C10H16F2O2S/c11-10(12)5-8(6-10,7-13)9(14)1-3-15-4-2-9/h13-14H,1-7H2. The van der Waals surface area contributed by atoms with Crippen LogP contribution >= 0.6 is 11.8 Å². The Balaban J connectivity index is 2.13. The first kappa shape index (κ1) is 11.6. The Morgan fingerprint density at radius 1 is 1.13 bits per heavy atom. The van der Waals surface area contributed by atoms with E-state index in [9.17, 15) is 19.0 Å². The highest BCUT2D eigenvalue weighted by Gasteiger charge is 2.65. The van der Waals surface area contributed by atoms with Crippen LogP contribution in [0.4, 0.5) is 8.78 Å². The largest absolute Gasteiger partial charge is 0.396 e. The lowest BCUT2D eigenvalue weighted by Gasteiger charge is -2.56. The van der Waals surface area contributed by atoms with Crippen molar-refractivity contribution >= 4 is 11.8 Å². The molecule has 0 unspecified atom stereocenters. The normalized spacial score (nSPS) is 32.0. The molecular weight excluding hydrogens is 222 g/mol. The minimum Gasteiger partial charge on any atom is -0.396 e. The molecule has 1 aliphatic carbocycles. The molecule has 88 valence electrons. The van der Waals surface area contributed by atoms with E-state index in [2.05, 4.69) is 0 Å². The summed E-state index contributed by atoms with van der Waals surface area (Å²) in [6.45, 7) is -0.330. The highest BCUT2D eigenvalue weighted by atomic mass is 32.2. The average molecular weight is 238 g/mol. The van der Waals surface area contributed by atoms with Gasteiger partial charge in [0.2, 0.25) is 5.92 Å². The fraction of sp³-hybridized carbons (Fsp3) is 1.00. The molecule has 1 saturated heterocycles. The van der Waals surface area contributed by atoms with E-state index in [-0.39, 0.29) is 19.4 Å². The summed E-state index contributed by atoms with van der Waals surface area (Å²) in [6, 6.07) is 0. The number of rotatable bonds is 2. The van der Waals surface area contributed by atoms with Crippen LogP contribution in [0.3, 0.4) is 0 Å². The second-order valence-corrected chi connectivity index (χ2v) is 6.02. The van der Waals surface area contributed by atoms with Gasteiger partial charge in [-0.15, -0.1) is 0 Å². The SMILES string of the molecule is OCC1(C2(O)CCSCC2)CC(F)(F)C1. The van der Waals surface area contributed by atoms with Crippen LogP contribution in [-0.4, -0.2) is 39.8 Å². The van der Waals surface area contributed by atoms with Crippen LogP contribution < -0.4 is 0 Å². The summed E-state index contributed by atoms with van der Waals surface area (Å²) >= 11 is 1.73. The number of halogens is 2. The lowest BCUT2D eigenvalue weighted by molar-refractivity contribution is -0.253. The summed E-state index contributed by atoms with van der Waals surface area (Å²) < 4.78 is 25.8. The van der Waals surface area contributed by atoms with E-state index < -0.39 is 16.9 Å². The summed E-state index contributed by atoms with van der Waals surface area (Å²) in [5, 5.41) is 19.7. The Bertz CT molecular complexity index is 244. The predicted octanol–water partition coefficient (Wildman–Crippen LogP) is 1.65. The second kappa shape index (κ2) is 3.57. The van der Waals surface area contributed by atoms with E-state index in [0.29, 0.717) is 12.8 Å². The number of hydrogen-bond acceptors (Lipinski definition) is 3. The number of hydrogen-bond donors (Lipinski definition) is 2. The summed E-state index contributed by atoms with van der Waals surface area (Å²) in [4.78, 5) is 0. The van der Waals surface area contributed by atoms with Crippen LogP contribution in [0.5, 0.6) is 0 Å². The lowest BCUT2D eigenvalue weighted by atomic mass is 9.55. The Morgan fingerprint density at radius 2 is 1.67 bits per heavy atom. The van der Waals surface area contributed by atoms with Gasteiger partial charge in [-0.2, -0.15) is 11.8 Å². The molecule has 0 bridgehead atoms. The quantitative estimate of drug-likeness (QED) is 0.768. The van der Waals surface area contributed by atoms with Gasteiger partial charge in [0.05, 0.1) is 12.2 Å². The maximum Gasteiger partial charge on any atom is 0.249 e. The molecule has 0 aromatic carbocycles. The Kier molecular flexibility index (Phi) is 2.76. The van der Waals surface area contributed by atoms with Gasteiger partial charge in [0.1, 0.15) is 0 Å². The van der Waals surface area contributed by atoms with Crippen molar-refractivity contribution in [2.75, 3.05) is 18.1 Å². The van der Waals surface area contributed by atoms with Crippen LogP contribution in [0.15, 0.2) is 0 Å². The molecular formula is C10H16F2O2S. The maximum atomic E-state index is 12.9. The molecule has 2 aliphatic rings. The third kappa shape index (κ3) is 1.78. The molecule has 0 atom stereocenters. The van der Waals surface area contributed by atoms with Crippen LogP contribution in [0.1, 0.15) is 25.7 Å². The summed E-state index contributed by atoms with van der Waals surface area (Å²) in [6.07, 6.45) is 0.317. The zero-order valence-corrected chi connectivity index (χ0v) is 9.32. The number of alkyl halides is 2. The van der Waals surface area contributed by atoms with Crippen molar-refractivity contribution < 1.29 is 19.0 Å². The molecule has 1 aliphatic heterocycles. The first-order chi connectivity index (χ1) is 6.93. The van der Waals surface area contributed by atoms with Gasteiger partial charge in [-0.3, -0.25) is 0 Å². The first-order valence-corrected chi connectivity index (χ1v) is 6.37. The van der Waals surface area contributed by atoms with Crippen LogP contribution in [0.2, 0.25) is 0 Å². The van der Waals surface area contributed by atoms with E-state index in [0.717, 1.165) is 11.5 Å². The van der Waals surface area contributed by atoms with Gasteiger partial charge >= 0.3 is 0 Å². The molecule has 1 saturated carbocycles. The molecule has 5 heteroatoms. The molecule has 2 rings (SSSR count). The van der Waals surface area contributed by atoms with Crippen LogP contribution in [0, 0.1) is 5.41 Å². The van der Waals surface area contributed by atoms with Crippen LogP contribution in [0.25, 0.3) is 0 Å². The predicted molar refractivity (Wildman–Crippen MR) is 55.2 cm³/mol. The molecule has 0 amide bonds. The average Bonchev–Trinajstić information content (AvgIpc) is 2.14. The number of aliphatic hydroxyl groups is 2. The van der Waals surface area contributed by atoms with E-state index >= 15 is 0 Å². The zero-order valence-electron chi connectivity index (χ0n) is 8.51. The maximum absolute atomic E-state index is 12.9. The first-order valence-electron chi connectivity index (χ1n) is 5.22. The van der Waals surface area contributed by atoms with Crippen molar-refractivity contribution in [1.29, 1.82) is 0 Å². The van der Waals surface area contributed by atoms with Crippen LogP contribution in [-0.2, 0) is 0 Å². The van der Waals surface area contributed by atoms with Gasteiger partial charge in [-0.25, -0.2) is 8.78 Å². The topological polar surface area (TPSA) is 40.5 Å². The third-order valence-electron chi connectivity index (χ3n) is 3.80. The fourth-order valence-electron chi connectivity index (χ4n) is 2.77. The van der Waals surface area contributed by atoms with Gasteiger partial charge in [0.15, 0.2) is 0 Å². The minimum absolute atomic E-state index is 0.330. The Hall–Kier alpha value is 0.130. The highest BCUT2D eigenvalue weighted by Crippen LogP contribution is 2.60.